The highest BCUT2D eigenvalue weighted by Crippen LogP contribution is 2.36. The molecule has 0 aromatic heterocycles. The first-order valence-electron chi connectivity index (χ1n) is 6.61. The summed E-state index contributed by atoms with van der Waals surface area (Å²) in [5.41, 5.74) is 2.58. The van der Waals surface area contributed by atoms with E-state index in [2.05, 4.69) is 4.74 Å². The molecule has 0 heterocycles. The SMILES string of the molecule is CCc1c(CCC(=O)OC)ccc(P(=O)(O)O)c1CC. The highest BCUT2D eigenvalue weighted by Gasteiger charge is 2.23. The van der Waals surface area contributed by atoms with Crippen molar-refractivity contribution in [2.24, 2.45) is 0 Å². The van der Waals surface area contributed by atoms with Crippen LogP contribution in [-0.4, -0.2) is 22.9 Å². The smallest absolute Gasteiger partial charge is 0.356 e. The van der Waals surface area contributed by atoms with Crippen LogP contribution in [0.1, 0.15) is 37.0 Å². The van der Waals surface area contributed by atoms with E-state index < -0.39 is 7.60 Å². The summed E-state index contributed by atoms with van der Waals surface area (Å²) < 4.78 is 16.1. The minimum atomic E-state index is -4.27. The van der Waals surface area contributed by atoms with Gasteiger partial charge in [0.25, 0.3) is 0 Å². The van der Waals surface area contributed by atoms with Gasteiger partial charge >= 0.3 is 13.6 Å². The number of carbonyl (C=O) groups excluding carboxylic acids is 1. The van der Waals surface area contributed by atoms with Crippen LogP contribution in [0.4, 0.5) is 0 Å². The molecule has 0 aliphatic carbocycles. The van der Waals surface area contributed by atoms with Crippen molar-refractivity contribution in [2.75, 3.05) is 7.11 Å². The minimum Gasteiger partial charge on any atom is -0.469 e. The van der Waals surface area contributed by atoms with Crippen molar-refractivity contribution in [2.45, 2.75) is 39.5 Å². The number of hydrogen-bond donors (Lipinski definition) is 2. The lowest BCUT2D eigenvalue weighted by molar-refractivity contribution is -0.140. The summed E-state index contributed by atoms with van der Waals surface area (Å²) in [7, 11) is -2.92. The molecule has 0 aliphatic rings. The highest BCUT2D eigenvalue weighted by molar-refractivity contribution is 7.60. The molecule has 0 saturated heterocycles. The molecule has 0 radical (unpaired) electrons. The Morgan fingerprint density at radius 3 is 2.25 bits per heavy atom. The quantitative estimate of drug-likeness (QED) is 0.617. The molecule has 0 bridgehead atoms. The van der Waals surface area contributed by atoms with E-state index in [1.165, 1.54) is 13.2 Å². The molecule has 1 rings (SSSR count). The van der Waals surface area contributed by atoms with Crippen molar-refractivity contribution < 1.29 is 23.9 Å². The molecule has 5 nitrogen and oxygen atoms in total. The van der Waals surface area contributed by atoms with Crippen molar-refractivity contribution in [3.63, 3.8) is 0 Å². The highest BCUT2D eigenvalue weighted by atomic mass is 31.2. The largest absolute Gasteiger partial charge is 0.469 e. The van der Waals surface area contributed by atoms with E-state index in [0.717, 1.165) is 11.1 Å². The summed E-state index contributed by atoms with van der Waals surface area (Å²) in [5, 5.41) is 0.0960. The first kappa shape index (κ1) is 16.9. The van der Waals surface area contributed by atoms with Gasteiger partial charge in [-0.05, 0) is 42.0 Å². The predicted octanol–water partition coefficient (Wildman–Crippen LogP) is 1.72. The lowest BCUT2D eigenvalue weighted by Crippen LogP contribution is -2.16. The second-order valence-electron chi connectivity index (χ2n) is 4.53. The molecule has 112 valence electrons. The van der Waals surface area contributed by atoms with Gasteiger partial charge in [-0.3, -0.25) is 9.36 Å². The molecule has 0 spiro atoms. The van der Waals surface area contributed by atoms with Crippen LogP contribution >= 0.6 is 7.60 Å². The van der Waals surface area contributed by atoms with Gasteiger partial charge in [-0.25, -0.2) is 0 Å². The zero-order valence-corrected chi connectivity index (χ0v) is 12.9. The average Bonchev–Trinajstić information content (AvgIpc) is 2.42. The Bertz CT molecular complexity index is 533. The predicted molar refractivity (Wildman–Crippen MR) is 77.2 cm³/mol. The summed E-state index contributed by atoms with van der Waals surface area (Å²) >= 11 is 0. The fourth-order valence-corrected chi connectivity index (χ4v) is 3.32. The van der Waals surface area contributed by atoms with E-state index in [1.54, 1.807) is 6.07 Å². The number of hydrogen-bond acceptors (Lipinski definition) is 3. The van der Waals surface area contributed by atoms with E-state index in [9.17, 15) is 19.1 Å². The number of aryl methyl sites for hydroxylation is 1. The Balaban J connectivity index is 3.22. The van der Waals surface area contributed by atoms with Crippen LogP contribution in [0.2, 0.25) is 0 Å². The topological polar surface area (TPSA) is 83.8 Å². The molecule has 0 aliphatic heterocycles. The summed E-state index contributed by atoms with van der Waals surface area (Å²) in [6.45, 7) is 3.82. The van der Waals surface area contributed by atoms with E-state index in [4.69, 9.17) is 0 Å². The molecule has 1 aromatic carbocycles. The first-order valence-corrected chi connectivity index (χ1v) is 8.22. The Morgan fingerprint density at radius 2 is 1.80 bits per heavy atom. The lowest BCUT2D eigenvalue weighted by Gasteiger charge is -2.17. The van der Waals surface area contributed by atoms with Gasteiger partial charge < -0.3 is 14.5 Å². The number of methoxy groups -OCH3 is 1. The Hall–Kier alpha value is -1.16. The third kappa shape index (κ3) is 3.92. The van der Waals surface area contributed by atoms with Crippen molar-refractivity contribution in [1.29, 1.82) is 0 Å². The third-order valence-corrected chi connectivity index (χ3v) is 4.40. The van der Waals surface area contributed by atoms with Gasteiger partial charge in [-0.2, -0.15) is 0 Å². The van der Waals surface area contributed by atoms with Crippen LogP contribution in [0.15, 0.2) is 12.1 Å². The average molecular weight is 300 g/mol. The van der Waals surface area contributed by atoms with Gasteiger partial charge in [0.2, 0.25) is 0 Å². The van der Waals surface area contributed by atoms with Gasteiger partial charge in [0, 0.05) is 6.42 Å². The Kier molecular flexibility index (Phi) is 5.93. The Labute approximate surface area is 119 Å². The molecule has 6 heteroatoms. The van der Waals surface area contributed by atoms with Crippen molar-refractivity contribution in [3.05, 3.63) is 28.8 Å². The zero-order chi connectivity index (χ0) is 15.3. The zero-order valence-electron chi connectivity index (χ0n) is 12.0. The first-order chi connectivity index (χ1) is 9.35. The van der Waals surface area contributed by atoms with Crippen molar-refractivity contribution in [1.82, 2.24) is 0 Å². The molecular formula is C14H21O5P. The number of ether oxygens (including phenoxy) is 1. The summed E-state index contributed by atoms with van der Waals surface area (Å²) in [6, 6.07) is 3.18. The molecule has 0 saturated carbocycles. The van der Waals surface area contributed by atoms with Crippen molar-refractivity contribution >= 4 is 18.9 Å². The number of rotatable bonds is 6. The summed E-state index contributed by atoms with van der Waals surface area (Å²) in [4.78, 5) is 30.0. The van der Waals surface area contributed by atoms with Crippen LogP contribution in [0.3, 0.4) is 0 Å². The molecule has 0 atom stereocenters. The van der Waals surface area contributed by atoms with Crippen LogP contribution < -0.4 is 5.30 Å². The van der Waals surface area contributed by atoms with Crippen LogP contribution in [-0.2, 0) is 33.4 Å². The fraction of sp³-hybridized carbons (Fsp3) is 0.500. The van der Waals surface area contributed by atoms with Gasteiger partial charge in [-0.15, -0.1) is 0 Å². The van der Waals surface area contributed by atoms with E-state index in [1.807, 2.05) is 13.8 Å². The normalized spacial score (nSPS) is 11.4. The molecular weight excluding hydrogens is 279 g/mol. The number of carbonyl (C=O) groups is 1. The molecule has 0 amide bonds. The summed E-state index contributed by atoms with van der Waals surface area (Å²) in [6.07, 6.45) is 2.01. The molecule has 0 unspecified atom stereocenters. The maximum atomic E-state index is 11.5. The molecule has 2 N–H and O–H groups in total. The lowest BCUT2D eigenvalue weighted by atomic mass is 9.94. The van der Waals surface area contributed by atoms with Gasteiger partial charge in [0.1, 0.15) is 0 Å². The van der Waals surface area contributed by atoms with Gasteiger partial charge in [0.15, 0.2) is 0 Å². The fourth-order valence-electron chi connectivity index (χ4n) is 2.41. The molecule has 1 aromatic rings. The molecule has 20 heavy (non-hydrogen) atoms. The van der Waals surface area contributed by atoms with Gasteiger partial charge in [-0.1, -0.05) is 19.9 Å². The standard InChI is InChI=1S/C14H21O5P/c1-4-11-10(7-9-14(15)19-3)6-8-13(12(11)5-2)20(16,17)18/h6,8H,4-5,7,9H2,1-3H3,(H2,16,17,18). The Morgan fingerprint density at radius 1 is 1.20 bits per heavy atom. The van der Waals surface area contributed by atoms with E-state index >= 15 is 0 Å². The maximum Gasteiger partial charge on any atom is 0.356 e. The van der Waals surface area contributed by atoms with Crippen LogP contribution in [0, 0.1) is 0 Å². The maximum absolute atomic E-state index is 11.5. The second kappa shape index (κ2) is 7.02. The molecule has 0 fully saturated rings. The second-order valence-corrected chi connectivity index (χ2v) is 6.10. The number of benzene rings is 1. The van der Waals surface area contributed by atoms with E-state index in [-0.39, 0.29) is 17.7 Å². The monoisotopic (exact) mass is 300 g/mol. The van der Waals surface area contributed by atoms with E-state index in [0.29, 0.717) is 24.8 Å². The summed E-state index contributed by atoms with van der Waals surface area (Å²) in [5.74, 6) is -0.288. The third-order valence-electron chi connectivity index (χ3n) is 3.35. The number of esters is 1. The minimum absolute atomic E-state index is 0.0960. The van der Waals surface area contributed by atoms with Crippen LogP contribution in [0.5, 0.6) is 0 Å². The van der Waals surface area contributed by atoms with Crippen molar-refractivity contribution in [3.8, 4) is 0 Å². The van der Waals surface area contributed by atoms with Gasteiger partial charge in [0.05, 0.1) is 12.4 Å². The van der Waals surface area contributed by atoms with Crippen LogP contribution in [0.25, 0.3) is 0 Å².